The van der Waals surface area contributed by atoms with E-state index >= 15 is 0 Å². The summed E-state index contributed by atoms with van der Waals surface area (Å²) in [7, 11) is 1.88. The van der Waals surface area contributed by atoms with E-state index in [9.17, 15) is 8.42 Å². The minimum absolute atomic E-state index is 0.250. The fourth-order valence-electron chi connectivity index (χ4n) is 3.16. The number of hydrogen-bond donors (Lipinski definition) is 0. The molecule has 0 radical (unpaired) electrons. The van der Waals surface area contributed by atoms with Crippen LogP contribution in [0.4, 0.5) is 0 Å². The topological polar surface area (TPSA) is 52.0 Å². The molecule has 1 aromatic heterocycles. The molecule has 0 bridgehead atoms. The van der Waals surface area contributed by atoms with Gasteiger partial charge in [0.25, 0.3) is 9.05 Å². The lowest BCUT2D eigenvalue weighted by molar-refractivity contribution is 0.304. The van der Waals surface area contributed by atoms with Crippen LogP contribution >= 0.6 is 10.7 Å². The number of aryl methyl sites for hydroxylation is 1. The Morgan fingerprint density at radius 2 is 1.85 bits per heavy atom. The van der Waals surface area contributed by atoms with Gasteiger partial charge in [-0.2, -0.15) is 5.10 Å². The third-order valence-corrected chi connectivity index (χ3v) is 5.57. The molecule has 0 spiro atoms. The van der Waals surface area contributed by atoms with Crippen LogP contribution in [0.2, 0.25) is 0 Å². The quantitative estimate of drug-likeness (QED) is 0.781. The molecule has 0 saturated heterocycles. The molecule has 0 atom stereocenters. The van der Waals surface area contributed by atoms with E-state index in [-0.39, 0.29) is 4.90 Å². The smallest absolute Gasteiger partial charge is 0.264 e. The summed E-state index contributed by atoms with van der Waals surface area (Å²) in [6.07, 6.45) is 7.52. The van der Waals surface area contributed by atoms with E-state index in [2.05, 4.69) is 5.10 Å². The van der Waals surface area contributed by atoms with Crippen LogP contribution in [0.15, 0.2) is 4.90 Å². The highest BCUT2D eigenvalue weighted by atomic mass is 35.7. The summed E-state index contributed by atoms with van der Waals surface area (Å²) in [6.45, 7) is 4.69. The molecule has 1 aromatic rings. The predicted molar refractivity (Wildman–Crippen MR) is 80.6 cm³/mol. The Morgan fingerprint density at radius 3 is 2.35 bits per heavy atom. The summed E-state index contributed by atoms with van der Waals surface area (Å²) >= 11 is 0. The van der Waals surface area contributed by atoms with Gasteiger partial charge in [-0.05, 0) is 31.6 Å². The van der Waals surface area contributed by atoms with Crippen molar-refractivity contribution in [3.63, 3.8) is 0 Å². The van der Waals surface area contributed by atoms with E-state index in [1.807, 2.05) is 18.5 Å². The molecule has 1 saturated carbocycles. The van der Waals surface area contributed by atoms with Crippen molar-refractivity contribution in [1.82, 2.24) is 9.78 Å². The maximum absolute atomic E-state index is 11.8. The van der Waals surface area contributed by atoms with Gasteiger partial charge in [-0.15, -0.1) is 0 Å². The van der Waals surface area contributed by atoms with Gasteiger partial charge in [-0.25, -0.2) is 8.42 Å². The van der Waals surface area contributed by atoms with Gasteiger partial charge in [0, 0.05) is 17.2 Å². The molecule has 0 N–H and O–H groups in total. The zero-order chi connectivity index (χ0) is 14.8. The number of aromatic nitrogens is 2. The fourth-order valence-corrected chi connectivity index (χ4v) is 4.69. The molecule has 0 aliphatic heterocycles. The summed E-state index contributed by atoms with van der Waals surface area (Å²) in [5, 5.41) is 4.51. The number of hydrogen-bond acceptors (Lipinski definition) is 3. The second kappa shape index (κ2) is 6.48. The minimum Gasteiger partial charge on any atom is -0.268 e. The van der Waals surface area contributed by atoms with Crippen molar-refractivity contribution < 1.29 is 8.42 Å². The van der Waals surface area contributed by atoms with Crippen LogP contribution in [0.5, 0.6) is 0 Å². The SMILES string of the molecule is CCc1nn(CC2CCCCC2)c(CC)c1S(=O)(=O)Cl. The molecule has 0 aromatic carbocycles. The van der Waals surface area contributed by atoms with Gasteiger partial charge < -0.3 is 0 Å². The third kappa shape index (κ3) is 3.37. The standard InChI is InChI=1S/C14H23ClN2O2S/c1-3-12-14(20(15,18)19)13(4-2)17(16-12)10-11-8-6-5-7-9-11/h11H,3-10H2,1-2H3. The number of nitrogens with zero attached hydrogens (tertiary/aromatic N) is 2. The Labute approximate surface area is 125 Å². The van der Waals surface area contributed by atoms with Gasteiger partial charge in [0.2, 0.25) is 0 Å². The molecule has 114 valence electrons. The lowest BCUT2D eigenvalue weighted by atomic mass is 9.89. The van der Waals surface area contributed by atoms with Crippen molar-refractivity contribution >= 4 is 19.7 Å². The Kier molecular flexibility index (Phi) is 5.13. The maximum atomic E-state index is 11.8. The van der Waals surface area contributed by atoms with Crippen molar-refractivity contribution in [2.45, 2.75) is 70.2 Å². The molecule has 0 unspecified atom stereocenters. The normalized spacial score (nSPS) is 17.6. The lowest BCUT2D eigenvalue weighted by Gasteiger charge is -2.22. The molecule has 6 heteroatoms. The van der Waals surface area contributed by atoms with Gasteiger partial charge in [0.1, 0.15) is 4.90 Å². The van der Waals surface area contributed by atoms with Crippen LogP contribution in [-0.4, -0.2) is 18.2 Å². The highest BCUT2D eigenvalue weighted by molar-refractivity contribution is 8.13. The highest BCUT2D eigenvalue weighted by Crippen LogP contribution is 2.29. The highest BCUT2D eigenvalue weighted by Gasteiger charge is 2.26. The summed E-state index contributed by atoms with van der Waals surface area (Å²) in [5.41, 5.74) is 1.37. The first-order chi connectivity index (χ1) is 9.47. The summed E-state index contributed by atoms with van der Waals surface area (Å²) in [4.78, 5) is 0.250. The molecule has 2 rings (SSSR count). The van der Waals surface area contributed by atoms with E-state index in [0.29, 0.717) is 24.5 Å². The number of halogens is 1. The second-order valence-corrected chi connectivity index (χ2v) is 8.06. The largest absolute Gasteiger partial charge is 0.268 e. The molecule has 1 aliphatic rings. The molecule has 4 nitrogen and oxygen atoms in total. The fraction of sp³-hybridized carbons (Fsp3) is 0.786. The number of rotatable bonds is 5. The first kappa shape index (κ1) is 15.8. The van der Waals surface area contributed by atoms with Crippen molar-refractivity contribution in [1.29, 1.82) is 0 Å². The second-order valence-electron chi connectivity index (χ2n) is 5.55. The van der Waals surface area contributed by atoms with E-state index in [1.54, 1.807) is 0 Å². The molecule has 0 amide bonds. The predicted octanol–water partition coefficient (Wildman–Crippen LogP) is 3.52. The summed E-state index contributed by atoms with van der Waals surface area (Å²) < 4.78 is 25.5. The van der Waals surface area contributed by atoms with Crippen LogP contribution in [0, 0.1) is 5.92 Å². The molecule has 1 aliphatic carbocycles. The molecule has 1 heterocycles. The van der Waals surface area contributed by atoms with Crippen LogP contribution in [0.25, 0.3) is 0 Å². The average molecular weight is 319 g/mol. The van der Waals surface area contributed by atoms with Gasteiger partial charge in [0.05, 0.1) is 11.4 Å². The van der Waals surface area contributed by atoms with E-state index in [4.69, 9.17) is 10.7 Å². The van der Waals surface area contributed by atoms with Crippen LogP contribution in [0.3, 0.4) is 0 Å². The lowest BCUT2D eigenvalue weighted by Crippen LogP contribution is -2.17. The third-order valence-electron chi connectivity index (χ3n) is 4.15. The average Bonchev–Trinajstić information content (AvgIpc) is 2.77. The van der Waals surface area contributed by atoms with Crippen LogP contribution in [-0.2, 0) is 28.4 Å². The molecular formula is C14H23ClN2O2S. The monoisotopic (exact) mass is 318 g/mol. The molecular weight excluding hydrogens is 296 g/mol. The zero-order valence-corrected chi connectivity index (χ0v) is 13.8. The maximum Gasteiger partial charge on any atom is 0.264 e. The molecule has 20 heavy (non-hydrogen) atoms. The van der Waals surface area contributed by atoms with Crippen molar-refractivity contribution in [3.05, 3.63) is 11.4 Å². The minimum atomic E-state index is -3.72. The van der Waals surface area contributed by atoms with Gasteiger partial charge in [-0.3, -0.25) is 4.68 Å². The van der Waals surface area contributed by atoms with Crippen LogP contribution < -0.4 is 0 Å². The van der Waals surface area contributed by atoms with Gasteiger partial charge >= 0.3 is 0 Å². The Bertz CT molecular complexity index is 560. The summed E-state index contributed by atoms with van der Waals surface area (Å²) in [5.74, 6) is 0.615. The summed E-state index contributed by atoms with van der Waals surface area (Å²) in [6, 6.07) is 0. The van der Waals surface area contributed by atoms with Crippen molar-refractivity contribution in [3.8, 4) is 0 Å². The Hall–Kier alpha value is -0.550. The molecule has 1 fully saturated rings. The van der Waals surface area contributed by atoms with Crippen molar-refractivity contribution in [2.24, 2.45) is 5.92 Å². The van der Waals surface area contributed by atoms with Crippen molar-refractivity contribution in [2.75, 3.05) is 0 Å². The first-order valence-electron chi connectivity index (χ1n) is 7.50. The Balaban J connectivity index is 2.35. The van der Waals surface area contributed by atoms with Gasteiger partial charge in [-0.1, -0.05) is 33.1 Å². The van der Waals surface area contributed by atoms with Gasteiger partial charge in [0.15, 0.2) is 0 Å². The van der Waals surface area contributed by atoms with Crippen LogP contribution in [0.1, 0.15) is 57.3 Å². The van der Waals surface area contributed by atoms with E-state index in [1.165, 1.54) is 32.1 Å². The zero-order valence-electron chi connectivity index (χ0n) is 12.2. The Morgan fingerprint density at radius 1 is 1.20 bits per heavy atom. The first-order valence-corrected chi connectivity index (χ1v) is 9.81. The van der Waals surface area contributed by atoms with E-state index in [0.717, 1.165) is 12.2 Å². The van der Waals surface area contributed by atoms with E-state index < -0.39 is 9.05 Å².